The van der Waals surface area contributed by atoms with Gasteiger partial charge in [0, 0.05) is 10.8 Å². The normalized spacial score (nSPS) is 12.8. The second kappa shape index (κ2) is 5.89. The maximum Gasteiger partial charge on any atom is 0.280 e. The van der Waals surface area contributed by atoms with Crippen LogP contribution in [0.3, 0.4) is 0 Å². The zero-order valence-electron chi connectivity index (χ0n) is 13.7. The molecule has 0 atom stereocenters. The van der Waals surface area contributed by atoms with Gasteiger partial charge in [0.1, 0.15) is 5.69 Å². The first kappa shape index (κ1) is 16.2. The Labute approximate surface area is 152 Å². The number of aromatic nitrogens is 2. The molecule has 1 aromatic heterocycles. The standard InChI is InChI=1S/C19H13N3O3S/c1-10-7-8-13-12(9-10)14(16(23)20-13)15-17(24)21-19(26)22(15)18(25)11-5-3-2-4-6-11/h2-9,24H,1H3,(H,21,26). The van der Waals surface area contributed by atoms with Gasteiger partial charge in [-0.2, -0.15) is 0 Å². The van der Waals surface area contributed by atoms with Crippen molar-refractivity contribution in [2.45, 2.75) is 6.92 Å². The number of hydrogen-bond acceptors (Lipinski definition) is 4. The molecule has 6 nitrogen and oxygen atoms in total. The lowest BCUT2D eigenvalue weighted by molar-refractivity contribution is -0.112. The maximum atomic E-state index is 13.0. The minimum atomic E-state index is -0.524. The Balaban J connectivity index is 2.05. The monoisotopic (exact) mass is 363 g/mol. The van der Waals surface area contributed by atoms with Gasteiger partial charge in [-0.15, -0.1) is 0 Å². The number of hydrogen-bond donors (Lipinski definition) is 2. The average Bonchev–Trinajstić information content (AvgIpc) is 3.09. The van der Waals surface area contributed by atoms with Crippen LogP contribution in [-0.4, -0.2) is 26.5 Å². The van der Waals surface area contributed by atoms with E-state index in [2.05, 4.69) is 9.98 Å². The Morgan fingerprint density at radius 1 is 1.19 bits per heavy atom. The lowest BCUT2D eigenvalue weighted by Gasteiger charge is -2.07. The molecule has 2 aromatic carbocycles. The number of imidazole rings is 1. The van der Waals surface area contributed by atoms with Gasteiger partial charge in [-0.25, -0.2) is 9.56 Å². The Bertz CT molecular complexity index is 1250. The van der Waals surface area contributed by atoms with E-state index in [4.69, 9.17) is 12.2 Å². The van der Waals surface area contributed by atoms with Crippen LogP contribution in [-0.2, 0) is 4.79 Å². The van der Waals surface area contributed by atoms with Gasteiger partial charge in [0.25, 0.3) is 11.8 Å². The summed E-state index contributed by atoms with van der Waals surface area (Å²) in [6.07, 6.45) is 0. The van der Waals surface area contributed by atoms with Crippen molar-refractivity contribution < 1.29 is 14.7 Å². The van der Waals surface area contributed by atoms with Crippen LogP contribution in [0.25, 0.3) is 5.57 Å². The highest BCUT2D eigenvalue weighted by Crippen LogP contribution is 2.26. The zero-order chi connectivity index (χ0) is 18.4. The van der Waals surface area contributed by atoms with E-state index >= 15 is 0 Å². The summed E-state index contributed by atoms with van der Waals surface area (Å²) >= 11 is 5.21. The van der Waals surface area contributed by atoms with E-state index in [-0.39, 0.29) is 21.9 Å². The van der Waals surface area contributed by atoms with Crippen molar-refractivity contribution in [2.75, 3.05) is 0 Å². The summed E-state index contributed by atoms with van der Waals surface area (Å²) in [7, 11) is 0. The van der Waals surface area contributed by atoms with Gasteiger partial charge >= 0.3 is 0 Å². The molecular formula is C19H13N3O3S. The van der Waals surface area contributed by atoms with Gasteiger partial charge in [0.15, 0.2) is 4.77 Å². The molecule has 0 spiro atoms. The minimum absolute atomic E-state index is 0.00718. The molecule has 0 unspecified atom stereocenters. The predicted molar refractivity (Wildman–Crippen MR) is 96.9 cm³/mol. The molecule has 7 heteroatoms. The summed E-state index contributed by atoms with van der Waals surface area (Å²) in [5, 5.41) is 11.4. The van der Waals surface area contributed by atoms with E-state index < -0.39 is 11.8 Å². The summed E-state index contributed by atoms with van der Waals surface area (Å²) in [5.74, 6) is -1.31. The number of fused-ring (bicyclic) bond motifs is 1. The van der Waals surface area contributed by atoms with E-state index in [1.165, 1.54) is 0 Å². The van der Waals surface area contributed by atoms with Crippen molar-refractivity contribution >= 4 is 29.6 Å². The Morgan fingerprint density at radius 2 is 1.92 bits per heavy atom. The highest BCUT2D eigenvalue weighted by atomic mass is 32.1. The number of aromatic hydroxyl groups is 1. The maximum absolute atomic E-state index is 13.0. The Kier molecular flexibility index (Phi) is 3.66. The van der Waals surface area contributed by atoms with Gasteiger partial charge in [-0.3, -0.25) is 9.59 Å². The molecule has 2 N–H and O–H groups in total. The smallest absolute Gasteiger partial charge is 0.280 e. The number of amides is 1. The number of nitrogens with one attached hydrogen (secondary N) is 1. The van der Waals surface area contributed by atoms with E-state index in [0.29, 0.717) is 16.1 Å². The van der Waals surface area contributed by atoms with E-state index in [1.807, 2.05) is 13.0 Å². The van der Waals surface area contributed by atoms with Crippen molar-refractivity contribution in [3.05, 3.63) is 80.7 Å². The van der Waals surface area contributed by atoms with Crippen molar-refractivity contribution in [3.63, 3.8) is 0 Å². The second-order valence-corrected chi connectivity index (χ2v) is 6.33. The Morgan fingerprint density at radius 3 is 2.65 bits per heavy atom. The van der Waals surface area contributed by atoms with Gasteiger partial charge in [0.2, 0.25) is 5.88 Å². The first-order valence-electron chi connectivity index (χ1n) is 7.85. The highest BCUT2D eigenvalue weighted by Gasteiger charge is 2.28. The van der Waals surface area contributed by atoms with E-state index in [1.54, 1.807) is 42.5 Å². The van der Waals surface area contributed by atoms with Crippen LogP contribution in [0.2, 0.25) is 0 Å². The number of aromatic amines is 1. The fourth-order valence-corrected chi connectivity index (χ4v) is 3.29. The molecule has 0 fully saturated rings. The molecule has 1 amide bonds. The van der Waals surface area contributed by atoms with Gasteiger partial charge in [-0.05, 0) is 43.4 Å². The number of carbonyl (C=O) groups is 2. The molecule has 0 saturated carbocycles. The summed E-state index contributed by atoms with van der Waals surface area (Å²) in [5.41, 5.74) is 1.50. The number of carbonyl (C=O) groups excluding carboxylic acids is 2. The topological polar surface area (TPSA) is 87.5 Å². The third-order valence-electron chi connectivity index (χ3n) is 4.19. The fraction of sp³-hybridized carbons (Fsp3) is 0.0526. The number of H-pyrrole nitrogens is 1. The summed E-state index contributed by atoms with van der Waals surface area (Å²) in [4.78, 5) is 32.1. The van der Waals surface area contributed by atoms with Crippen LogP contribution in [0.1, 0.15) is 21.6 Å². The van der Waals surface area contributed by atoms with Gasteiger partial charge in [-0.1, -0.05) is 29.8 Å². The van der Waals surface area contributed by atoms with Gasteiger partial charge < -0.3 is 10.1 Å². The first-order chi connectivity index (χ1) is 12.5. The van der Waals surface area contributed by atoms with Crippen LogP contribution in [0.5, 0.6) is 5.88 Å². The molecule has 26 heavy (non-hydrogen) atoms. The number of aryl methyl sites for hydroxylation is 1. The molecule has 0 aliphatic carbocycles. The zero-order valence-corrected chi connectivity index (χ0v) is 14.5. The summed E-state index contributed by atoms with van der Waals surface area (Å²) in [6, 6.07) is 13.9. The fourth-order valence-electron chi connectivity index (χ4n) is 3.01. The Hall–Kier alpha value is -3.32. The lowest BCUT2D eigenvalue weighted by atomic mass is 10.1. The quantitative estimate of drug-likeness (QED) is 0.677. The van der Waals surface area contributed by atoms with Crippen molar-refractivity contribution in [1.82, 2.24) is 9.55 Å². The SMILES string of the molecule is Cc1ccc2c(c1)=C(c1c(O)[nH]c(=S)n1C(=O)c1ccccc1)C(=O)N=2. The molecule has 0 saturated heterocycles. The number of rotatable bonds is 2. The van der Waals surface area contributed by atoms with Crippen LogP contribution in [0, 0.1) is 11.7 Å². The second-order valence-electron chi connectivity index (χ2n) is 5.95. The largest absolute Gasteiger partial charge is 0.493 e. The number of nitrogens with zero attached hydrogens (tertiary/aromatic N) is 2. The molecule has 1 aliphatic heterocycles. The molecule has 4 rings (SSSR count). The molecule has 2 heterocycles. The van der Waals surface area contributed by atoms with Gasteiger partial charge in [0.05, 0.1) is 10.9 Å². The van der Waals surface area contributed by atoms with Crippen molar-refractivity contribution in [1.29, 1.82) is 0 Å². The van der Waals surface area contributed by atoms with Crippen molar-refractivity contribution in [3.8, 4) is 5.88 Å². The van der Waals surface area contributed by atoms with E-state index in [0.717, 1.165) is 10.1 Å². The van der Waals surface area contributed by atoms with Crippen molar-refractivity contribution in [2.24, 2.45) is 4.99 Å². The highest BCUT2D eigenvalue weighted by molar-refractivity contribution is 7.71. The lowest BCUT2D eigenvalue weighted by Crippen LogP contribution is -2.25. The minimum Gasteiger partial charge on any atom is -0.493 e. The summed E-state index contributed by atoms with van der Waals surface area (Å²) in [6.45, 7) is 1.89. The third-order valence-corrected chi connectivity index (χ3v) is 4.48. The molecule has 128 valence electrons. The average molecular weight is 363 g/mol. The van der Waals surface area contributed by atoms with E-state index in [9.17, 15) is 14.7 Å². The van der Waals surface area contributed by atoms with Crippen LogP contribution in [0.4, 0.5) is 0 Å². The predicted octanol–water partition coefficient (Wildman–Crippen LogP) is 1.61. The first-order valence-corrected chi connectivity index (χ1v) is 8.26. The molecule has 1 aliphatic rings. The summed E-state index contributed by atoms with van der Waals surface area (Å²) < 4.78 is 1.15. The molecule has 0 bridgehead atoms. The van der Waals surface area contributed by atoms with Crippen LogP contribution < -0.4 is 10.6 Å². The third kappa shape index (κ3) is 2.41. The molecular weight excluding hydrogens is 350 g/mol. The van der Waals surface area contributed by atoms with Crippen LogP contribution >= 0.6 is 12.2 Å². The molecule has 3 aromatic rings. The van der Waals surface area contributed by atoms with Crippen LogP contribution in [0.15, 0.2) is 53.5 Å². The molecule has 0 radical (unpaired) electrons. The number of benzene rings is 2.